The van der Waals surface area contributed by atoms with Crippen LogP contribution in [0, 0.1) is 12.3 Å². The summed E-state index contributed by atoms with van der Waals surface area (Å²) in [6.45, 7) is 3.49. The molecule has 0 saturated carbocycles. The monoisotopic (exact) mass is 151 g/mol. The maximum absolute atomic E-state index is 11.0. The molecule has 0 aliphatic carbocycles. The molecule has 0 aromatic carbocycles. The van der Waals surface area contributed by atoms with Gasteiger partial charge in [-0.05, 0) is 6.42 Å². The number of nitrogens with two attached hydrogens (primary N) is 1. The van der Waals surface area contributed by atoms with Crippen LogP contribution in [0.15, 0.2) is 12.7 Å². The summed E-state index contributed by atoms with van der Waals surface area (Å²) in [5.41, 5.74) is 5.48. The first-order chi connectivity index (χ1) is 5.22. The third-order valence-electron chi connectivity index (χ3n) is 1.35. The molecule has 0 aromatic rings. The fourth-order valence-electron chi connectivity index (χ4n) is 0.692. The van der Waals surface area contributed by atoms with Gasteiger partial charge in [0.25, 0.3) is 0 Å². The third-order valence-corrected chi connectivity index (χ3v) is 1.35. The Labute approximate surface area is 67.5 Å². The van der Waals surface area contributed by atoms with Gasteiger partial charge in [0.05, 0.1) is 6.04 Å². The lowest BCUT2D eigenvalue weighted by atomic mass is 10.1. The van der Waals surface area contributed by atoms with Gasteiger partial charge in [-0.15, -0.1) is 18.9 Å². The van der Waals surface area contributed by atoms with Crippen molar-refractivity contribution in [3.63, 3.8) is 0 Å². The molecule has 0 aliphatic heterocycles. The van der Waals surface area contributed by atoms with Gasteiger partial charge in [0.2, 0.25) is 0 Å². The van der Waals surface area contributed by atoms with E-state index < -0.39 is 6.04 Å². The number of rotatable bonds is 5. The lowest BCUT2D eigenvalue weighted by Crippen LogP contribution is -2.29. The lowest BCUT2D eigenvalue weighted by molar-refractivity contribution is -0.120. The maximum Gasteiger partial charge on any atom is 0.150 e. The van der Waals surface area contributed by atoms with E-state index in [0.29, 0.717) is 19.3 Å². The predicted octanol–water partition coefficient (Wildman–Crippen LogP) is 0.872. The molecule has 0 amide bonds. The molecule has 0 saturated heterocycles. The highest BCUT2D eigenvalue weighted by Gasteiger charge is 2.09. The molecule has 0 aliphatic rings. The molecule has 60 valence electrons. The highest BCUT2D eigenvalue weighted by Crippen LogP contribution is 1.97. The average molecular weight is 151 g/mol. The second-order valence-corrected chi connectivity index (χ2v) is 2.30. The van der Waals surface area contributed by atoms with Gasteiger partial charge in [-0.3, -0.25) is 4.79 Å². The van der Waals surface area contributed by atoms with E-state index in [1.165, 1.54) is 0 Å². The van der Waals surface area contributed by atoms with Gasteiger partial charge in [0, 0.05) is 12.8 Å². The molecule has 2 nitrogen and oxygen atoms in total. The number of terminal acetylenes is 1. The summed E-state index contributed by atoms with van der Waals surface area (Å²) in [6.07, 6.45) is 8.01. The summed E-state index contributed by atoms with van der Waals surface area (Å²) in [6, 6.07) is -0.416. The van der Waals surface area contributed by atoms with Crippen LogP contribution in [0.3, 0.4) is 0 Å². The van der Waals surface area contributed by atoms with E-state index in [9.17, 15) is 4.79 Å². The summed E-state index contributed by atoms with van der Waals surface area (Å²) in [7, 11) is 0. The normalized spacial score (nSPS) is 11.6. The summed E-state index contributed by atoms with van der Waals surface area (Å²) in [5, 5.41) is 0. The van der Waals surface area contributed by atoms with E-state index in [1.807, 2.05) is 0 Å². The van der Waals surface area contributed by atoms with Crippen LogP contribution in [0.4, 0.5) is 0 Å². The van der Waals surface area contributed by atoms with Crippen molar-refractivity contribution in [1.29, 1.82) is 0 Å². The molecule has 11 heavy (non-hydrogen) atoms. The zero-order valence-electron chi connectivity index (χ0n) is 6.55. The standard InChI is InChI=1S/C9H13NO/c1-3-5-7-9(11)8(10)6-4-2/h1,4,8H,2,5-7,10H2. The maximum atomic E-state index is 11.0. The molecular weight excluding hydrogens is 138 g/mol. The second-order valence-electron chi connectivity index (χ2n) is 2.30. The van der Waals surface area contributed by atoms with Crippen LogP contribution in [0.2, 0.25) is 0 Å². The SMILES string of the molecule is C#CCCC(=O)C(N)CC=C. The summed E-state index contributed by atoms with van der Waals surface area (Å²) in [5.74, 6) is 2.41. The topological polar surface area (TPSA) is 43.1 Å². The van der Waals surface area contributed by atoms with Crippen molar-refractivity contribution in [2.45, 2.75) is 25.3 Å². The van der Waals surface area contributed by atoms with E-state index in [2.05, 4.69) is 12.5 Å². The van der Waals surface area contributed by atoms with Crippen LogP contribution >= 0.6 is 0 Å². The molecule has 1 unspecified atom stereocenters. The third kappa shape index (κ3) is 4.35. The van der Waals surface area contributed by atoms with Crippen LogP contribution in [0.25, 0.3) is 0 Å². The quantitative estimate of drug-likeness (QED) is 0.468. The minimum atomic E-state index is -0.416. The molecule has 0 rings (SSSR count). The first-order valence-electron chi connectivity index (χ1n) is 3.55. The van der Waals surface area contributed by atoms with E-state index in [4.69, 9.17) is 12.2 Å². The molecule has 2 N–H and O–H groups in total. The van der Waals surface area contributed by atoms with Gasteiger partial charge in [-0.1, -0.05) is 6.08 Å². The minimum Gasteiger partial charge on any atom is -0.321 e. The Morgan fingerprint density at radius 3 is 2.91 bits per heavy atom. The molecule has 0 radical (unpaired) electrons. The molecule has 0 bridgehead atoms. The minimum absolute atomic E-state index is 0.0165. The predicted molar refractivity (Wildman–Crippen MR) is 45.9 cm³/mol. The number of hydrogen-bond donors (Lipinski definition) is 1. The molecule has 1 atom stereocenters. The fraction of sp³-hybridized carbons (Fsp3) is 0.444. The highest BCUT2D eigenvalue weighted by molar-refractivity contribution is 5.84. The van der Waals surface area contributed by atoms with Gasteiger partial charge in [-0.2, -0.15) is 0 Å². The molecule has 0 heterocycles. The fourth-order valence-corrected chi connectivity index (χ4v) is 0.692. The van der Waals surface area contributed by atoms with Gasteiger partial charge in [0.15, 0.2) is 5.78 Å². The van der Waals surface area contributed by atoms with Crippen molar-refractivity contribution in [2.24, 2.45) is 5.73 Å². The molecule has 2 heteroatoms. The smallest absolute Gasteiger partial charge is 0.150 e. The van der Waals surface area contributed by atoms with Crippen LogP contribution in [-0.2, 0) is 4.79 Å². The first-order valence-corrected chi connectivity index (χ1v) is 3.55. The van der Waals surface area contributed by atoms with Crippen LogP contribution in [-0.4, -0.2) is 11.8 Å². The Bertz CT molecular complexity index is 178. The van der Waals surface area contributed by atoms with Crippen molar-refractivity contribution in [1.82, 2.24) is 0 Å². The number of Topliss-reactive ketones (excluding diaryl/α,β-unsaturated/α-hetero) is 1. The Balaban J connectivity index is 3.65. The largest absolute Gasteiger partial charge is 0.321 e. The summed E-state index contributed by atoms with van der Waals surface area (Å²) < 4.78 is 0. The number of carbonyl (C=O) groups is 1. The lowest BCUT2D eigenvalue weighted by Gasteiger charge is -2.04. The number of hydrogen-bond acceptors (Lipinski definition) is 2. The zero-order valence-corrected chi connectivity index (χ0v) is 6.55. The zero-order chi connectivity index (χ0) is 8.69. The highest BCUT2D eigenvalue weighted by atomic mass is 16.1. The van der Waals surface area contributed by atoms with Gasteiger partial charge < -0.3 is 5.73 Å². The molecule has 0 aromatic heterocycles. The Morgan fingerprint density at radius 2 is 2.45 bits per heavy atom. The number of ketones is 1. The molecule has 0 spiro atoms. The number of carbonyl (C=O) groups excluding carboxylic acids is 1. The Morgan fingerprint density at radius 1 is 1.82 bits per heavy atom. The van der Waals surface area contributed by atoms with Crippen molar-refractivity contribution in [2.75, 3.05) is 0 Å². The molecule has 0 fully saturated rings. The van der Waals surface area contributed by atoms with Gasteiger partial charge in [-0.25, -0.2) is 0 Å². The Kier molecular flexibility index (Phi) is 5.14. The average Bonchev–Trinajstić information content (AvgIpc) is 2.00. The second kappa shape index (κ2) is 5.70. The van der Waals surface area contributed by atoms with E-state index in [1.54, 1.807) is 6.08 Å². The van der Waals surface area contributed by atoms with E-state index in [-0.39, 0.29) is 5.78 Å². The van der Waals surface area contributed by atoms with Crippen molar-refractivity contribution >= 4 is 5.78 Å². The van der Waals surface area contributed by atoms with Crippen LogP contribution in [0.1, 0.15) is 19.3 Å². The van der Waals surface area contributed by atoms with E-state index in [0.717, 1.165) is 0 Å². The van der Waals surface area contributed by atoms with Crippen LogP contribution < -0.4 is 5.73 Å². The Hall–Kier alpha value is -1.07. The first kappa shape index (κ1) is 9.93. The van der Waals surface area contributed by atoms with Crippen molar-refractivity contribution < 1.29 is 4.79 Å². The van der Waals surface area contributed by atoms with Gasteiger partial charge >= 0.3 is 0 Å². The van der Waals surface area contributed by atoms with Gasteiger partial charge in [0.1, 0.15) is 0 Å². The molecular formula is C9H13NO. The van der Waals surface area contributed by atoms with Crippen molar-refractivity contribution in [3.05, 3.63) is 12.7 Å². The summed E-state index contributed by atoms with van der Waals surface area (Å²) in [4.78, 5) is 11.0. The summed E-state index contributed by atoms with van der Waals surface area (Å²) >= 11 is 0. The van der Waals surface area contributed by atoms with E-state index >= 15 is 0 Å². The van der Waals surface area contributed by atoms with Crippen molar-refractivity contribution in [3.8, 4) is 12.3 Å². The van der Waals surface area contributed by atoms with Crippen LogP contribution in [0.5, 0.6) is 0 Å².